The summed E-state index contributed by atoms with van der Waals surface area (Å²) in [5.74, 6) is -0.518. The maximum absolute atomic E-state index is 11.2. The van der Waals surface area contributed by atoms with Crippen molar-refractivity contribution in [1.82, 2.24) is 0 Å². The van der Waals surface area contributed by atoms with Crippen molar-refractivity contribution in [2.45, 2.75) is 25.7 Å². The third-order valence-corrected chi connectivity index (χ3v) is 3.12. The molecule has 0 saturated heterocycles. The van der Waals surface area contributed by atoms with E-state index in [0.29, 0.717) is 0 Å². The molecule has 2 rings (SSSR count). The molecule has 1 aliphatic rings. The third kappa shape index (κ3) is 1.92. The maximum Gasteiger partial charge on any atom is 0.329 e. The van der Waals surface area contributed by atoms with Crippen molar-refractivity contribution in [1.29, 1.82) is 5.26 Å². The Morgan fingerprint density at radius 1 is 1.31 bits per heavy atom. The average Bonchev–Trinajstić information content (AvgIpc) is 2.36. The number of carbonyl (C=O) groups is 1. The molecular formula is C13H14N2O. The van der Waals surface area contributed by atoms with Gasteiger partial charge < -0.3 is 4.90 Å². The topological polar surface area (TPSA) is 44.1 Å². The SMILES string of the molecule is CN(C(=O)C#N)c1ccc2c(c1)CCCC2. The molecule has 1 aromatic carbocycles. The fourth-order valence-electron chi connectivity index (χ4n) is 2.12. The summed E-state index contributed by atoms with van der Waals surface area (Å²) in [5.41, 5.74) is 3.52. The van der Waals surface area contributed by atoms with E-state index < -0.39 is 5.91 Å². The van der Waals surface area contributed by atoms with E-state index >= 15 is 0 Å². The van der Waals surface area contributed by atoms with Gasteiger partial charge in [0, 0.05) is 12.7 Å². The highest BCUT2D eigenvalue weighted by molar-refractivity contribution is 6.03. The zero-order valence-electron chi connectivity index (χ0n) is 9.36. The molecule has 3 nitrogen and oxygen atoms in total. The van der Waals surface area contributed by atoms with Crippen LogP contribution >= 0.6 is 0 Å². The van der Waals surface area contributed by atoms with Gasteiger partial charge in [-0.15, -0.1) is 0 Å². The first-order chi connectivity index (χ1) is 7.72. The van der Waals surface area contributed by atoms with Crippen molar-refractivity contribution in [3.05, 3.63) is 29.3 Å². The molecule has 1 amide bonds. The first-order valence-electron chi connectivity index (χ1n) is 5.52. The summed E-state index contributed by atoms with van der Waals surface area (Å²) in [4.78, 5) is 12.6. The van der Waals surface area contributed by atoms with Crippen LogP contribution in [-0.2, 0) is 17.6 Å². The Labute approximate surface area is 95.3 Å². The van der Waals surface area contributed by atoms with Gasteiger partial charge in [0.25, 0.3) is 0 Å². The van der Waals surface area contributed by atoms with Crippen molar-refractivity contribution >= 4 is 11.6 Å². The Morgan fingerprint density at radius 3 is 2.69 bits per heavy atom. The van der Waals surface area contributed by atoms with E-state index in [0.717, 1.165) is 18.5 Å². The van der Waals surface area contributed by atoms with Crippen LogP contribution in [0.1, 0.15) is 24.0 Å². The van der Waals surface area contributed by atoms with E-state index in [1.165, 1.54) is 28.9 Å². The number of nitrogens with zero attached hydrogens (tertiary/aromatic N) is 2. The summed E-state index contributed by atoms with van der Waals surface area (Å²) in [6.07, 6.45) is 4.68. The van der Waals surface area contributed by atoms with Crippen LogP contribution < -0.4 is 4.90 Å². The number of anilines is 1. The lowest BCUT2D eigenvalue weighted by Gasteiger charge is -2.19. The lowest BCUT2D eigenvalue weighted by Crippen LogP contribution is -2.24. The predicted octanol–water partition coefficient (Wildman–Crippen LogP) is 2.05. The van der Waals surface area contributed by atoms with Gasteiger partial charge in [0.2, 0.25) is 0 Å². The van der Waals surface area contributed by atoms with E-state index in [1.807, 2.05) is 12.1 Å². The second-order valence-corrected chi connectivity index (χ2v) is 4.14. The van der Waals surface area contributed by atoms with Gasteiger partial charge >= 0.3 is 5.91 Å². The summed E-state index contributed by atoms with van der Waals surface area (Å²) in [6, 6.07) is 7.65. The molecule has 0 unspecified atom stereocenters. The molecule has 0 aliphatic heterocycles. The first-order valence-corrected chi connectivity index (χ1v) is 5.52. The van der Waals surface area contributed by atoms with Gasteiger partial charge in [0.1, 0.15) is 0 Å². The fourth-order valence-corrected chi connectivity index (χ4v) is 2.12. The van der Waals surface area contributed by atoms with Crippen LogP contribution in [0.2, 0.25) is 0 Å². The maximum atomic E-state index is 11.2. The van der Waals surface area contributed by atoms with Crippen molar-refractivity contribution in [2.24, 2.45) is 0 Å². The lowest BCUT2D eigenvalue weighted by molar-refractivity contribution is -0.113. The number of carbonyl (C=O) groups excluding carboxylic acids is 1. The molecule has 1 aliphatic carbocycles. The highest BCUT2D eigenvalue weighted by atomic mass is 16.2. The summed E-state index contributed by atoms with van der Waals surface area (Å²) in [5, 5.41) is 8.56. The van der Waals surface area contributed by atoms with E-state index in [4.69, 9.17) is 5.26 Å². The number of fused-ring (bicyclic) bond motifs is 1. The molecule has 0 aromatic heterocycles. The van der Waals surface area contributed by atoms with Gasteiger partial charge in [0.15, 0.2) is 6.07 Å². The summed E-state index contributed by atoms with van der Waals surface area (Å²) in [7, 11) is 1.64. The molecule has 82 valence electrons. The van der Waals surface area contributed by atoms with E-state index in [2.05, 4.69) is 6.07 Å². The zero-order chi connectivity index (χ0) is 11.5. The molecule has 16 heavy (non-hydrogen) atoms. The van der Waals surface area contributed by atoms with Crippen molar-refractivity contribution in [3.63, 3.8) is 0 Å². The molecule has 0 heterocycles. The normalized spacial score (nSPS) is 13.8. The average molecular weight is 214 g/mol. The van der Waals surface area contributed by atoms with Crippen LogP contribution in [0.3, 0.4) is 0 Å². The van der Waals surface area contributed by atoms with Gasteiger partial charge in [-0.05, 0) is 48.9 Å². The number of aryl methyl sites for hydroxylation is 2. The highest BCUT2D eigenvalue weighted by Gasteiger charge is 2.13. The largest absolute Gasteiger partial charge is 0.329 e. The number of nitriles is 1. The van der Waals surface area contributed by atoms with E-state index in [-0.39, 0.29) is 0 Å². The molecule has 0 N–H and O–H groups in total. The molecule has 0 spiro atoms. The smallest absolute Gasteiger partial charge is 0.303 e. The summed E-state index contributed by atoms with van der Waals surface area (Å²) < 4.78 is 0. The van der Waals surface area contributed by atoms with Gasteiger partial charge in [-0.3, -0.25) is 4.79 Å². The molecule has 3 heteroatoms. The fraction of sp³-hybridized carbons (Fsp3) is 0.385. The molecule has 0 fully saturated rings. The van der Waals surface area contributed by atoms with E-state index in [1.54, 1.807) is 13.1 Å². The van der Waals surface area contributed by atoms with Crippen LogP contribution in [0.25, 0.3) is 0 Å². The first kappa shape index (κ1) is 10.7. The lowest BCUT2D eigenvalue weighted by atomic mass is 9.91. The van der Waals surface area contributed by atoms with Crippen LogP contribution in [0.5, 0.6) is 0 Å². The van der Waals surface area contributed by atoms with Crippen molar-refractivity contribution < 1.29 is 4.79 Å². The molecule has 0 atom stereocenters. The Hall–Kier alpha value is -1.82. The second-order valence-electron chi connectivity index (χ2n) is 4.14. The van der Waals surface area contributed by atoms with Crippen molar-refractivity contribution in [2.75, 3.05) is 11.9 Å². The zero-order valence-corrected chi connectivity index (χ0v) is 9.36. The van der Waals surface area contributed by atoms with Crippen LogP contribution in [0.15, 0.2) is 18.2 Å². The van der Waals surface area contributed by atoms with Crippen molar-refractivity contribution in [3.8, 4) is 6.07 Å². The minimum atomic E-state index is -0.518. The Morgan fingerprint density at radius 2 is 2.00 bits per heavy atom. The van der Waals surface area contributed by atoms with Gasteiger partial charge in [0.05, 0.1) is 0 Å². The molecule has 0 saturated carbocycles. The van der Waals surface area contributed by atoms with Gasteiger partial charge in [-0.1, -0.05) is 6.07 Å². The molecule has 0 bridgehead atoms. The molecule has 0 radical (unpaired) electrons. The number of hydrogen-bond acceptors (Lipinski definition) is 2. The number of rotatable bonds is 1. The Bertz CT molecular complexity index is 459. The number of hydrogen-bond donors (Lipinski definition) is 0. The Kier molecular flexibility index (Phi) is 2.91. The number of amides is 1. The minimum absolute atomic E-state index is 0.518. The van der Waals surface area contributed by atoms with Gasteiger partial charge in [-0.25, -0.2) is 0 Å². The molecular weight excluding hydrogens is 200 g/mol. The Balaban J connectivity index is 2.30. The predicted molar refractivity (Wildman–Crippen MR) is 62.1 cm³/mol. The monoisotopic (exact) mass is 214 g/mol. The van der Waals surface area contributed by atoms with Crippen LogP contribution in [0.4, 0.5) is 5.69 Å². The number of benzene rings is 1. The second kappa shape index (κ2) is 4.36. The quantitative estimate of drug-likeness (QED) is 0.671. The van der Waals surface area contributed by atoms with E-state index in [9.17, 15) is 4.79 Å². The third-order valence-electron chi connectivity index (χ3n) is 3.12. The summed E-state index contributed by atoms with van der Waals surface area (Å²) >= 11 is 0. The highest BCUT2D eigenvalue weighted by Crippen LogP contribution is 2.25. The standard InChI is InChI=1S/C13H14N2O/c1-15(13(16)9-14)12-7-6-10-4-2-3-5-11(10)8-12/h6-8H,2-5H2,1H3. The van der Waals surface area contributed by atoms with Crippen LogP contribution in [-0.4, -0.2) is 13.0 Å². The van der Waals surface area contributed by atoms with Crippen LogP contribution in [0, 0.1) is 11.3 Å². The molecule has 1 aromatic rings. The minimum Gasteiger partial charge on any atom is -0.303 e. The van der Waals surface area contributed by atoms with Gasteiger partial charge in [-0.2, -0.15) is 5.26 Å². The summed E-state index contributed by atoms with van der Waals surface area (Å²) in [6.45, 7) is 0.